The van der Waals surface area contributed by atoms with Gasteiger partial charge in [0.15, 0.2) is 5.79 Å². The van der Waals surface area contributed by atoms with Gasteiger partial charge in [-0.1, -0.05) is 65.2 Å². The van der Waals surface area contributed by atoms with Crippen molar-refractivity contribution in [1.29, 1.82) is 0 Å². The molecule has 0 heterocycles. The molecule has 2 heteroatoms. The van der Waals surface area contributed by atoms with Crippen molar-refractivity contribution in [2.45, 2.75) is 96.7 Å². The van der Waals surface area contributed by atoms with Crippen LogP contribution in [0.2, 0.25) is 0 Å². The molecule has 0 rings (SSSR count). The number of rotatable bonds is 12. The van der Waals surface area contributed by atoms with Gasteiger partial charge in [0.1, 0.15) is 0 Å². The van der Waals surface area contributed by atoms with E-state index in [0.29, 0.717) is 12.8 Å². The maximum atomic E-state index is 9.67. The Morgan fingerprint density at radius 1 is 0.588 bits per heavy atom. The molecule has 0 bridgehead atoms. The van der Waals surface area contributed by atoms with Crippen LogP contribution < -0.4 is 0 Å². The average Bonchev–Trinajstić information content (AvgIpc) is 2.30. The van der Waals surface area contributed by atoms with Crippen LogP contribution in [0.25, 0.3) is 0 Å². The molecule has 104 valence electrons. The second kappa shape index (κ2) is 11.0. The lowest BCUT2D eigenvalue weighted by Gasteiger charge is -2.21. The van der Waals surface area contributed by atoms with E-state index in [-0.39, 0.29) is 0 Å². The minimum Gasteiger partial charge on any atom is -0.366 e. The third kappa shape index (κ3) is 12.2. The number of hydrogen-bond donors (Lipinski definition) is 2. The van der Waals surface area contributed by atoms with Crippen molar-refractivity contribution < 1.29 is 10.2 Å². The zero-order chi connectivity index (χ0) is 13.0. The molecule has 0 saturated heterocycles. The van der Waals surface area contributed by atoms with Crippen molar-refractivity contribution in [2.75, 3.05) is 0 Å². The molecule has 0 unspecified atom stereocenters. The summed E-state index contributed by atoms with van der Waals surface area (Å²) in [5.41, 5.74) is 0. The highest BCUT2D eigenvalue weighted by atomic mass is 16.5. The summed E-state index contributed by atoms with van der Waals surface area (Å²) in [5, 5.41) is 19.3. The van der Waals surface area contributed by atoms with Crippen molar-refractivity contribution in [3.63, 3.8) is 0 Å². The Balaban J connectivity index is 3.26. The molecule has 0 aromatic rings. The minimum atomic E-state index is -1.40. The topological polar surface area (TPSA) is 40.5 Å². The Kier molecular flexibility index (Phi) is 11.0. The molecule has 17 heavy (non-hydrogen) atoms. The summed E-state index contributed by atoms with van der Waals surface area (Å²) in [5.74, 6) is -1.40. The molecule has 0 aliphatic heterocycles. The van der Waals surface area contributed by atoms with Gasteiger partial charge in [0.05, 0.1) is 0 Å². The van der Waals surface area contributed by atoms with E-state index in [1.54, 1.807) is 0 Å². The summed E-state index contributed by atoms with van der Waals surface area (Å²) >= 11 is 0. The lowest BCUT2D eigenvalue weighted by atomic mass is 10.0. The maximum Gasteiger partial charge on any atom is 0.162 e. The first kappa shape index (κ1) is 16.9. The number of aliphatic hydroxyl groups is 2. The summed E-state index contributed by atoms with van der Waals surface area (Å²) in [6.45, 7) is 4.31. The lowest BCUT2D eigenvalue weighted by Crippen LogP contribution is -2.27. The van der Waals surface area contributed by atoms with Crippen LogP contribution in [-0.4, -0.2) is 16.0 Å². The summed E-state index contributed by atoms with van der Waals surface area (Å²) in [7, 11) is 0. The van der Waals surface area contributed by atoms with Crippen LogP contribution in [0.1, 0.15) is 90.9 Å². The Hall–Kier alpha value is -0.0800. The fraction of sp³-hybridized carbons (Fsp3) is 1.00. The van der Waals surface area contributed by atoms with E-state index in [9.17, 15) is 10.2 Å². The predicted molar refractivity (Wildman–Crippen MR) is 73.9 cm³/mol. The van der Waals surface area contributed by atoms with Crippen molar-refractivity contribution in [3.05, 3.63) is 0 Å². The molecule has 0 radical (unpaired) electrons. The van der Waals surface area contributed by atoms with Crippen molar-refractivity contribution in [2.24, 2.45) is 0 Å². The number of unbranched alkanes of at least 4 members (excludes halogenated alkanes) is 8. The Bertz CT molecular complexity index is 155. The molecule has 0 aromatic carbocycles. The van der Waals surface area contributed by atoms with Crippen LogP contribution in [0.5, 0.6) is 0 Å². The van der Waals surface area contributed by atoms with E-state index in [1.165, 1.54) is 38.5 Å². The van der Waals surface area contributed by atoms with Gasteiger partial charge in [-0.25, -0.2) is 0 Å². The molecule has 0 amide bonds. The van der Waals surface area contributed by atoms with Crippen LogP contribution in [0.15, 0.2) is 0 Å². The van der Waals surface area contributed by atoms with E-state index >= 15 is 0 Å². The van der Waals surface area contributed by atoms with Gasteiger partial charge in [-0.3, -0.25) is 0 Å². The summed E-state index contributed by atoms with van der Waals surface area (Å²) < 4.78 is 0. The quantitative estimate of drug-likeness (QED) is 0.395. The Morgan fingerprint density at radius 2 is 1.00 bits per heavy atom. The first-order chi connectivity index (χ1) is 8.12. The lowest BCUT2D eigenvalue weighted by molar-refractivity contribution is -0.171. The van der Waals surface area contributed by atoms with E-state index in [1.807, 2.05) is 0 Å². The van der Waals surface area contributed by atoms with Crippen LogP contribution in [-0.2, 0) is 0 Å². The zero-order valence-electron chi connectivity index (χ0n) is 11.9. The molecule has 2 nitrogen and oxygen atoms in total. The van der Waals surface area contributed by atoms with Crippen LogP contribution in [0, 0.1) is 0 Å². The van der Waals surface area contributed by atoms with Crippen LogP contribution >= 0.6 is 0 Å². The van der Waals surface area contributed by atoms with Gasteiger partial charge >= 0.3 is 0 Å². The van der Waals surface area contributed by atoms with Crippen LogP contribution in [0.4, 0.5) is 0 Å². The summed E-state index contributed by atoms with van der Waals surface area (Å²) in [4.78, 5) is 0. The van der Waals surface area contributed by atoms with Crippen molar-refractivity contribution in [3.8, 4) is 0 Å². The third-order valence-corrected chi connectivity index (χ3v) is 3.36. The first-order valence-electron chi connectivity index (χ1n) is 7.57. The van der Waals surface area contributed by atoms with Gasteiger partial charge in [0.25, 0.3) is 0 Å². The Labute approximate surface area is 107 Å². The molecule has 0 saturated carbocycles. The molecular formula is C15H32O2. The second-order valence-electron chi connectivity index (χ2n) is 5.31. The molecule has 0 spiro atoms. The minimum absolute atomic E-state index is 0.528. The fourth-order valence-electron chi connectivity index (χ4n) is 2.13. The molecule has 0 atom stereocenters. The van der Waals surface area contributed by atoms with Gasteiger partial charge in [-0.2, -0.15) is 0 Å². The molecule has 0 aliphatic rings. The number of hydrogen-bond acceptors (Lipinski definition) is 2. The molecule has 2 N–H and O–H groups in total. The SMILES string of the molecule is CCCCCCCCCCC(O)(O)CCCC. The fourth-order valence-corrected chi connectivity index (χ4v) is 2.13. The Morgan fingerprint density at radius 3 is 1.53 bits per heavy atom. The maximum absolute atomic E-state index is 9.67. The van der Waals surface area contributed by atoms with Crippen LogP contribution in [0.3, 0.4) is 0 Å². The summed E-state index contributed by atoms with van der Waals surface area (Å²) in [6, 6.07) is 0. The monoisotopic (exact) mass is 244 g/mol. The first-order valence-corrected chi connectivity index (χ1v) is 7.57. The molecule has 0 aliphatic carbocycles. The average molecular weight is 244 g/mol. The zero-order valence-corrected chi connectivity index (χ0v) is 11.9. The highest BCUT2D eigenvalue weighted by Gasteiger charge is 2.20. The summed E-state index contributed by atoms with van der Waals surface area (Å²) in [6.07, 6.45) is 13.0. The van der Waals surface area contributed by atoms with E-state index < -0.39 is 5.79 Å². The van der Waals surface area contributed by atoms with Gasteiger partial charge in [0, 0.05) is 12.8 Å². The predicted octanol–water partition coefficient (Wildman–Crippen LogP) is 4.39. The largest absolute Gasteiger partial charge is 0.366 e. The third-order valence-electron chi connectivity index (χ3n) is 3.36. The smallest absolute Gasteiger partial charge is 0.162 e. The highest BCUT2D eigenvalue weighted by Crippen LogP contribution is 2.19. The van der Waals surface area contributed by atoms with E-state index in [2.05, 4.69) is 13.8 Å². The second-order valence-corrected chi connectivity index (χ2v) is 5.31. The normalized spacial score (nSPS) is 12.0. The van der Waals surface area contributed by atoms with Gasteiger partial charge in [-0.05, 0) is 12.8 Å². The standard InChI is InChI=1S/C15H32O2/c1-3-5-7-8-9-10-11-12-14-15(16,17)13-6-4-2/h16-17H,3-14H2,1-2H3. The molecule has 0 aromatic heterocycles. The van der Waals surface area contributed by atoms with E-state index in [0.717, 1.165) is 25.7 Å². The van der Waals surface area contributed by atoms with Gasteiger partial charge in [0.2, 0.25) is 0 Å². The van der Waals surface area contributed by atoms with E-state index in [4.69, 9.17) is 0 Å². The van der Waals surface area contributed by atoms with Gasteiger partial charge < -0.3 is 10.2 Å². The highest BCUT2D eigenvalue weighted by molar-refractivity contribution is 4.64. The van der Waals surface area contributed by atoms with Gasteiger partial charge in [-0.15, -0.1) is 0 Å². The van der Waals surface area contributed by atoms with Crippen molar-refractivity contribution >= 4 is 0 Å². The van der Waals surface area contributed by atoms with Crippen molar-refractivity contribution in [1.82, 2.24) is 0 Å². The molecular weight excluding hydrogens is 212 g/mol. The molecule has 0 fully saturated rings.